The Balaban J connectivity index is 0.000000461. The first-order chi connectivity index (χ1) is 5.33. The minimum Gasteiger partial charge on any atom is -0.192 e. The Bertz CT molecular complexity index is 233. The highest BCUT2D eigenvalue weighted by molar-refractivity contribution is 9.10. The van der Waals surface area contributed by atoms with Crippen molar-refractivity contribution in [2.45, 2.75) is 13.8 Å². The van der Waals surface area contributed by atoms with Gasteiger partial charge in [-0.2, -0.15) is 5.26 Å². The number of rotatable bonds is 0. The zero-order chi connectivity index (χ0) is 8.69. The molecule has 0 radical (unpaired) electrons. The van der Waals surface area contributed by atoms with E-state index in [0.717, 1.165) is 4.47 Å². The summed E-state index contributed by atoms with van der Waals surface area (Å²) in [5.74, 6) is 0. The molecule has 0 saturated carbocycles. The Hall–Kier alpha value is -0.810. The average Bonchev–Trinajstić information content (AvgIpc) is 2.10. The van der Waals surface area contributed by atoms with Gasteiger partial charge in [-0.1, -0.05) is 29.8 Å². The topological polar surface area (TPSA) is 23.8 Å². The fraction of sp³-hybridized carbons (Fsp3) is 0.222. The monoisotopic (exact) mass is 211 g/mol. The van der Waals surface area contributed by atoms with E-state index >= 15 is 0 Å². The largest absolute Gasteiger partial charge is 0.192 e. The van der Waals surface area contributed by atoms with Gasteiger partial charge in [0, 0.05) is 4.47 Å². The van der Waals surface area contributed by atoms with Crippen molar-refractivity contribution < 1.29 is 0 Å². The third kappa shape index (κ3) is 3.79. The molecule has 0 aliphatic carbocycles. The molecule has 0 spiro atoms. The second-order valence-corrected chi connectivity index (χ2v) is 2.53. The zero-order valence-corrected chi connectivity index (χ0v) is 8.22. The van der Waals surface area contributed by atoms with E-state index in [-0.39, 0.29) is 0 Å². The summed E-state index contributed by atoms with van der Waals surface area (Å²) in [4.78, 5) is 0. The summed E-state index contributed by atoms with van der Waals surface area (Å²) in [5, 5.41) is 8.36. The Kier molecular flexibility index (Phi) is 5.50. The van der Waals surface area contributed by atoms with Gasteiger partial charge in [-0.05, 0) is 24.3 Å². The van der Waals surface area contributed by atoms with E-state index < -0.39 is 0 Å². The number of hydrogen-bond donors (Lipinski definition) is 0. The fourth-order valence-corrected chi connectivity index (χ4v) is 0.789. The molecule has 0 bridgehead atoms. The molecule has 0 atom stereocenters. The average molecular weight is 212 g/mol. The molecule has 1 nitrogen and oxygen atoms in total. The second kappa shape index (κ2) is 5.94. The van der Waals surface area contributed by atoms with E-state index in [1.165, 1.54) is 0 Å². The molecule has 58 valence electrons. The third-order valence-electron chi connectivity index (χ3n) is 0.973. The summed E-state index contributed by atoms with van der Waals surface area (Å²) < 4.78 is 1.00. The van der Waals surface area contributed by atoms with E-state index in [4.69, 9.17) is 5.26 Å². The normalized spacial score (nSPS) is 7.45. The van der Waals surface area contributed by atoms with Crippen molar-refractivity contribution >= 4 is 15.9 Å². The highest BCUT2D eigenvalue weighted by Crippen LogP contribution is 2.08. The van der Waals surface area contributed by atoms with Crippen LogP contribution in [0.5, 0.6) is 0 Å². The van der Waals surface area contributed by atoms with Gasteiger partial charge in [0.25, 0.3) is 0 Å². The standard InChI is InChI=1S/C7H4BrN.C2H6/c8-7-3-1-6(5-9)2-4-7;1-2/h1-4H;1-2H3. The molecule has 0 saturated heterocycles. The summed E-state index contributed by atoms with van der Waals surface area (Å²) in [5.41, 5.74) is 0.693. The van der Waals surface area contributed by atoms with Gasteiger partial charge in [0.05, 0.1) is 11.6 Å². The summed E-state index contributed by atoms with van der Waals surface area (Å²) in [7, 11) is 0. The van der Waals surface area contributed by atoms with Crippen molar-refractivity contribution in [3.8, 4) is 6.07 Å². The molecule has 0 heterocycles. The SMILES string of the molecule is CC.N#Cc1ccc(Br)cc1. The number of benzene rings is 1. The zero-order valence-electron chi connectivity index (χ0n) is 6.63. The summed E-state index contributed by atoms with van der Waals surface area (Å²) >= 11 is 3.27. The van der Waals surface area contributed by atoms with Crippen LogP contribution in [0.3, 0.4) is 0 Å². The van der Waals surface area contributed by atoms with Crippen molar-refractivity contribution in [3.05, 3.63) is 34.3 Å². The quantitative estimate of drug-likeness (QED) is 0.646. The molecule has 11 heavy (non-hydrogen) atoms. The summed E-state index contributed by atoms with van der Waals surface area (Å²) in [6.45, 7) is 4.00. The lowest BCUT2D eigenvalue weighted by molar-refractivity contribution is 1.48. The van der Waals surface area contributed by atoms with Crippen molar-refractivity contribution in [1.82, 2.24) is 0 Å². The van der Waals surface area contributed by atoms with Crippen LogP contribution in [0.1, 0.15) is 19.4 Å². The van der Waals surface area contributed by atoms with Crippen molar-refractivity contribution in [1.29, 1.82) is 5.26 Å². The molecule has 0 aliphatic rings. The van der Waals surface area contributed by atoms with E-state index in [1.807, 2.05) is 32.0 Å². The molecule has 0 fully saturated rings. The minimum atomic E-state index is 0.693. The van der Waals surface area contributed by atoms with Gasteiger partial charge >= 0.3 is 0 Å². The van der Waals surface area contributed by atoms with Crippen LogP contribution in [-0.4, -0.2) is 0 Å². The highest BCUT2D eigenvalue weighted by Gasteiger charge is 1.86. The Morgan fingerprint density at radius 3 is 2.00 bits per heavy atom. The molecule has 1 aromatic rings. The van der Waals surface area contributed by atoms with Crippen LogP contribution in [0.25, 0.3) is 0 Å². The third-order valence-corrected chi connectivity index (χ3v) is 1.50. The van der Waals surface area contributed by atoms with E-state index in [9.17, 15) is 0 Å². The van der Waals surface area contributed by atoms with Crippen molar-refractivity contribution in [2.24, 2.45) is 0 Å². The van der Waals surface area contributed by atoms with Crippen molar-refractivity contribution in [2.75, 3.05) is 0 Å². The number of nitriles is 1. The molecular weight excluding hydrogens is 202 g/mol. The predicted octanol–water partition coefficient (Wildman–Crippen LogP) is 3.35. The maximum Gasteiger partial charge on any atom is 0.0991 e. The fourth-order valence-electron chi connectivity index (χ4n) is 0.524. The molecule has 0 aromatic heterocycles. The van der Waals surface area contributed by atoms with E-state index in [1.54, 1.807) is 12.1 Å². The predicted molar refractivity (Wildman–Crippen MR) is 50.2 cm³/mol. The lowest BCUT2D eigenvalue weighted by Crippen LogP contribution is -1.69. The van der Waals surface area contributed by atoms with Gasteiger partial charge in [-0.25, -0.2) is 0 Å². The lowest BCUT2D eigenvalue weighted by atomic mass is 10.2. The van der Waals surface area contributed by atoms with Crippen LogP contribution in [0.15, 0.2) is 28.7 Å². The maximum atomic E-state index is 8.36. The molecule has 0 amide bonds. The van der Waals surface area contributed by atoms with Gasteiger partial charge in [-0.15, -0.1) is 0 Å². The van der Waals surface area contributed by atoms with Crippen LogP contribution < -0.4 is 0 Å². The molecular formula is C9H10BrN. The lowest BCUT2D eigenvalue weighted by Gasteiger charge is -1.86. The van der Waals surface area contributed by atoms with Crippen LogP contribution in [0.2, 0.25) is 0 Å². The molecule has 0 N–H and O–H groups in total. The van der Waals surface area contributed by atoms with Gasteiger partial charge in [-0.3, -0.25) is 0 Å². The second-order valence-electron chi connectivity index (χ2n) is 1.62. The Morgan fingerprint density at radius 2 is 1.64 bits per heavy atom. The molecule has 1 aromatic carbocycles. The summed E-state index contributed by atoms with van der Waals surface area (Å²) in [6, 6.07) is 9.26. The van der Waals surface area contributed by atoms with Crippen LogP contribution >= 0.6 is 15.9 Å². The molecule has 1 rings (SSSR count). The number of nitrogens with zero attached hydrogens (tertiary/aromatic N) is 1. The van der Waals surface area contributed by atoms with Crippen LogP contribution in [-0.2, 0) is 0 Å². The first kappa shape index (κ1) is 10.2. The Morgan fingerprint density at radius 1 is 1.18 bits per heavy atom. The highest BCUT2D eigenvalue weighted by atomic mass is 79.9. The Labute approximate surface area is 75.8 Å². The smallest absolute Gasteiger partial charge is 0.0991 e. The van der Waals surface area contributed by atoms with Gasteiger partial charge in [0.15, 0.2) is 0 Å². The van der Waals surface area contributed by atoms with Crippen LogP contribution in [0, 0.1) is 11.3 Å². The van der Waals surface area contributed by atoms with E-state index in [0.29, 0.717) is 5.56 Å². The van der Waals surface area contributed by atoms with Gasteiger partial charge in [0.1, 0.15) is 0 Å². The molecule has 0 unspecified atom stereocenters. The number of halogens is 1. The first-order valence-corrected chi connectivity index (χ1v) is 4.28. The van der Waals surface area contributed by atoms with Gasteiger partial charge in [0.2, 0.25) is 0 Å². The molecule has 2 heteroatoms. The first-order valence-electron chi connectivity index (χ1n) is 3.48. The number of hydrogen-bond acceptors (Lipinski definition) is 1. The maximum absolute atomic E-state index is 8.36. The molecule has 0 aliphatic heterocycles. The van der Waals surface area contributed by atoms with Crippen LogP contribution in [0.4, 0.5) is 0 Å². The van der Waals surface area contributed by atoms with Crippen molar-refractivity contribution in [3.63, 3.8) is 0 Å². The van der Waals surface area contributed by atoms with Gasteiger partial charge < -0.3 is 0 Å². The summed E-state index contributed by atoms with van der Waals surface area (Å²) in [6.07, 6.45) is 0. The van der Waals surface area contributed by atoms with E-state index in [2.05, 4.69) is 15.9 Å². The minimum absolute atomic E-state index is 0.693.